The van der Waals surface area contributed by atoms with Gasteiger partial charge in [0.15, 0.2) is 0 Å². The van der Waals surface area contributed by atoms with Crippen LogP contribution in [0.15, 0.2) is 60.7 Å². The first-order chi connectivity index (χ1) is 18.2. The minimum Gasteiger partial charge on any atom is -0.443 e. The SMILES string of the molecule is Cc1cc(C)cc(CN(c2ccccc2)C2CCCN(C(=O)OC(C)(C)C)c3cc(C(F)(F)F)c(C)cc32)c1. The Kier molecular flexibility index (Phi) is 8.01. The van der Waals surface area contributed by atoms with Gasteiger partial charge in [-0.3, -0.25) is 4.90 Å². The maximum absolute atomic E-state index is 14.1. The Morgan fingerprint density at radius 3 is 2.21 bits per heavy atom. The van der Waals surface area contributed by atoms with Crippen LogP contribution in [0.4, 0.5) is 29.3 Å². The third kappa shape index (κ3) is 6.75. The van der Waals surface area contributed by atoms with E-state index in [-0.39, 0.29) is 23.8 Å². The van der Waals surface area contributed by atoms with Crippen molar-refractivity contribution in [3.8, 4) is 0 Å². The topological polar surface area (TPSA) is 32.8 Å². The minimum absolute atomic E-state index is 0.136. The normalized spacial score (nSPS) is 15.9. The van der Waals surface area contributed by atoms with Gasteiger partial charge < -0.3 is 9.64 Å². The molecular formula is C32H37F3N2O2. The van der Waals surface area contributed by atoms with Crippen molar-refractivity contribution in [3.05, 3.63) is 94.0 Å². The van der Waals surface area contributed by atoms with Crippen molar-refractivity contribution in [1.82, 2.24) is 0 Å². The van der Waals surface area contributed by atoms with Gasteiger partial charge in [-0.2, -0.15) is 13.2 Å². The van der Waals surface area contributed by atoms with Crippen LogP contribution in [0.25, 0.3) is 0 Å². The number of para-hydroxylation sites is 1. The highest BCUT2D eigenvalue weighted by atomic mass is 19.4. The van der Waals surface area contributed by atoms with Gasteiger partial charge >= 0.3 is 12.3 Å². The van der Waals surface area contributed by atoms with Crippen LogP contribution in [0.2, 0.25) is 0 Å². The second-order valence-corrected chi connectivity index (χ2v) is 11.5. The van der Waals surface area contributed by atoms with Crippen LogP contribution in [-0.4, -0.2) is 18.2 Å². The molecule has 1 amide bonds. The lowest BCUT2D eigenvalue weighted by Crippen LogP contribution is -2.37. The Labute approximate surface area is 229 Å². The lowest BCUT2D eigenvalue weighted by atomic mass is 9.94. The molecule has 1 aliphatic heterocycles. The summed E-state index contributed by atoms with van der Waals surface area (Å²) in [5, 5.41) is 0. The Hall–Kier alpha value is -3.48. The lowest BCUT2D eigenvalue weighted by molar-refractivity contribution is -0.138. The van der Waals surface area contributed by atoms with Crippen molar-refractivity contribution >= 4 is 17.5 Å². The summed E-state index contributed by atoms with van der Waals surface area (Å²) in [6.07, 6.45) is -3.91. The number of hydrogen-bond acceptors (Lipinski definition) is 3. The monoisotopic (exact) mass is 538 g/mol. The zero-order valence-corrected chi connectivity index (χ0v) is 23.5. The fourth-order valence-corrected chi connectivity index (χ4v) is 5.43. The molecule has 0 fully saturated rings. The van der Waals surface area contributed by atoms with E-state index in [1.807, 2.05) is 30.3 Å². The fraction of sp³-hybridized carbons (Fsp3) is 0.406. The third-order valence-electron chi connectivity index (χ3n) is 6.90. The second-order valence-electron chi connectivity index (χ2n) is 11.5. The van der Waals surface area contributed by atoms with E-state index >= 15 is 0 Å². The first-order valence-electron chi connectivity index (χ1n) is 13.3. The van der Waals surface area contributed by atoms with E-state index in [2.05, 4.69) is 36.9 Å². The van der Waals surface area contributed by atoms with Crippen LogP contribution in [0.3, 0.4) is 0 Å². The van der Waals surface area contributed by atoms with Gasteiger partial charge in [-0.25, -0.2) is 4.79 Å². The zero-order valence-electron chi connectivity index (χ0n) is 23.5. The quantitative estimate of drug-likeness (QED) is 0.332. The molecule has 0 radical (unpaired) electrons. The fourth-order valence-electron chi connectivity index (χ4n) is 5.43. The van der Waals surface area contributed by atoms with Crippen molar-refractivity contribution in [3.63, 3.8) is 0 Å². The van der Waals surface area contributed by atoms with E-state index in [9.17, 15) is 18.0 Å². The van der Waals surface area contributed by atoms with Crippen molar-refractivity contribution in [2.24, 2.45) is 0 Å². The van der Waals surface area contributed by atoms with E-state index < -0.39 is 23.4 Å². The second kappa shape index (κ2) is 10.9. The summed E-state index contributed by atoms with van der Waals surface area (Å²) in [5.74, 6) is 0. The van der Waals surface area contributed by atoms with Crippen molar-refractivity contribution < 1.29 is 22.7 Å². The molecule has 3 aromatic rings. The van der Waals surface area contributed by atoms with E-state index in [1.165, 1.54) is 11.8 Å². The molecule has 0 bridgehead atoms. The molecule has 1 aliphatic rings. The number of amides is 1. The van der Waals surface area contributed by atoms with Crippen molar-refractivity contribution in [1.29, 1.82) is 0 Å². The molecule has 1 heterocycles. The molecule has 4 rings (SSSR count). The van der Waals surface area contributed by atoms with Crippen LogP contribution in [-0.2, 0) is 17.5 Å². The Morgan fingerprint density at radius 1 is 0.974 bits per heavy atom. The average molecular weight is 539 g/mol. The van der Waals surface area contributed by atoms with Gasteiger partial charge in [-0.15, -0.1) is 0 Å². The molecule has 1 unspecified atom stereocenters. The van der Waals surface area contributed by atoms with Crippen LogP contribution in [0.5, 0.6) is 0 Å². The van der Waals surface area contributed by atoms with Gasteiger partial charge in [0.05, 0.1) is 17.3 Å². The maximum Gasteiger partial charge on any atom is 0.416 e. The molecule has 0 saturated heterocycles. The number of anilines is 2. The highest BCUT2D eigenvalue weighted by Crippen LogP contribution is 2.44. The van der Waals surface area contributed by atoms with Crippen molar-refractivity contribution in [2.75, 3.05) is 16.3 Å². The summed E-state index contributed by atoms with van der Waals surface area (Å²) >= 11 is 0. The smallest absolute Gasteiger partial charge is 0.416 e. The number of aryl methyl sites for hydroxylation is 3. The maximum atomic E-state index is 14.1. The first-order valence-corrected chi connectivity index (χ1v) is 13.3. The van der Waals surface area contributed by atoms with Gasteiger partial charge in [0, 0.05) is 18.8 Å². The Bertz CT molecular complexity index is 1310. The van der Waals surface area contributed by atoms with Crippen molar-refractivity contribution in [2.45, 2.75) is 78.7 Å². The molecule has 0 aliphatic carbocycles. The van der Waals surface area contributed by atoms with Gasteiger partial charge in [-0.1, -0.05) is 53.6 Å². The van der Waals surface area contributed by atoms with Crippen LogP contribution in [0, 0.1) is 20.8 Å². The number of benzene rings is 3. The van der Waals surface area contributed by atoms with Crippen LogP contribution < -0.4 is 9.80 Å². The standard InChI is InChI=1S/C32H37F3N2O2/c1-21-15-22(2)17-24(16-21)20-37(25-11-8-7-9-12-25)28-13-10-14-36(30(38)39-31(4,5)6)29-19-27(32(33,34)35)23(3)18-26(28)29/h7-9,11-12,15-19,28H,10,13-14,20H2,1-6H3. The van der Waals surface area contributed by atoms with E-state index in [1.54, 1.807) is 26.8 Å². The van der Waals surface area contributed by atoms with E-state index in [0.717, 1.165) is 28.4 Å². The number of nitrogens with zero attached hydrogens (tertiary/aromatic N) is 2. The predicted octanol–water partition coefficient (Wildman–Crippen LogP) is 8.91. The Balaban J connectivity index is 1.89. The predicted molar refractivity (Wildman–Crippen MR) is 150 cm³/mol. The number of carbonyl (C=O) groups is 1. The molecule has 39 heavy (non-hydrogen) atoms. The van der Waals surface area contributed by atoms with Gasteiger partial charge in [0.2, 0.25) is 0 Å². The number of halogens is 3. The summed E-state index contributed by atoms with van der Waals surface area (Å²) < 4.78 is 47.8. The van der Waals surface area contributed by atoms with E-state index in [4.69, 9.17) is 4.74 Å². The van der Waals surface area contributed by atoms with Gasteiger partial charge in [0.1, 0.15) is 5.60 Å². The summed E-state index contributed by atoms with van der Waals surface area (Å²) in [5.41, 5.74) is 3.96. The molecule has 3 aromatic carbocycles. The van der Waals surface area contributed by atoms with E-state index in [0.29, 0.717) is 24.9 Å². The number of carbonyl (C=O) groups excluding carboxylic acids is 1. The van der Waals surface area contributed by atoms with Gasteiger partial charge in [0.25, 0.3) is 0 Å². The lowest BCUT2D eigenvalue weighted by Gasteiger charge is -2.35. The largest absolute Gasteiger partial charge is 0.443 e. The molecule has 7 heteroatoms. The average Bonchev–Trinajstić information content (AvgIpc) is 2.99. The molecule has 0 saturated carbocycles. The first kappa shape index (κ1) is 28.5. The Morgan fingerprint density at radius 2 is 1.62 bits per heavy atom. The number of fused-ring (bicyclic) bond motifs is 1. The van der Waals surface area contributed by atoms with Gasteiger partial charge in [-0.05, 0) is 89.3 Å². The summed E-state index contributed by atoms with van der Waals surface area (Å²) in [6.45, 7) is 11.7. The number of hydrogen-bond donors (Lipinski definition) is 0. The van der Waals surface area contributed by atoms with Crippen LogP contribution >= 0.6 is 0 Å². The molecule has 1 atom stereocenters. The number of rotatable bonds is 4. The molecule has 0 spiro atoms. The molecule has 4 nitrogen and oxygen atoms in total. The zero-order chi connectivity index (χ0) is 28.5. The summed E-state index contributed by atoms with van der Waals surface area (Å²) in [6, 6.07) is 18.8. The molecular weight excluding hydrogens is 501 g/mol. The number of ether oxygens (including phenoxy) is 1. The molecule has 208 valence electrons. The minimum atomic E-state index is -4.54. The molecule has 0 N–H and O–H groups in total. The highest BCUT2D eigenvalue weighted by Gasteiger charge is 2.38. The molecule has 0 aromatic heterocycles. The third-order valence-corrected chi connectivity index (χ3v) is 6.90. The number of alkyl halides is 3. The summed E-state index contributed by atoms with van der Waals surface area (Å²) in [4.78, 5) is 16.9. The summed E-state index contributed by atoms with van der Waals surface area (Å²) in [7, 11) is 0. The highest BCUT2D eigenvalue weighted by molar-refractivity contribution is 5.90. The van der Waals surface area contributed by atoms with Crippen LogP contribution in [0.1, 0.15) is 73.0 Å².